The number of thiazole rings is 2. The van der Waals surface area contributed by atoms with Crippen molar-refractivity contribution in [1.29, 1.82) is 0 Å². The number of fused-ring (bicyclic) bond motifs is 3. The summed E-state index contributed by atoms with van der Waals surface area (Å²) >= 11 is 2.98. The number of carbonyl (C=O) groups excluding carboxylic acids is 2. The van der Waals surface area contributed by atoms with Gasteiger partial charge in [-0.15, -0.1) is 11.3 Å². The van der Waals surface area contributed by atoms with Crippen LogP contribution >= 0.6 is 22.7 Å². The molecule has 0 fully saturated rings. The molecule has 0 bridgehead atoms. The summed E-state index contributed by atoms with van der Waals surface area (Å²) in [7, 11) is -1.30. The zero-order valence-corrected chi connectivity index (χ0v) is 29.1. The lowest BCUT2D eigenvalue weighted by Crippen LogP contribution is -2.40. The summed E-state index contributed by atoms with van der Waals surface area (Å²) in [6.07, 6.45) is 1.22. The SMILES string of the molecule is CC1(C)OC(=O)c2nc(N3CCc4cccc(C(=O)N(COCC[Si](C)(C)C)c5nc6ccccc6s5)c4C3)sc2C1CCO. The monoisotopic (exact) mass is 664 g/mol. The predicted molar refractivity (Wildman–Crippen MR) is 183 cm³/mol. The number of nitrogens with zero attached hydrogens (tertiary/aromatic N) is 4. The second-order valence-electron chi connectivity index (χ2n) is 13.4. The fraction of sp³-hybridized carbons (Fsp3) is 0.455. The number of carbonyl (C=O) groups is 2. The van der Waals surface area contributed by atoms with Gasteiger partial charge in [0.05, 0.1) is 10.2 Å². The van der Waals surface area contributed by atoms with Gasteiger partial charge < -0.3 is 19.5 Å². The summed E-state index contributed by atoms with van der Waals surface area (Å²) in [5.41, 5.74) is 3.15. The number of rotatable bonds is 10. The van der Waals surface area contributed by atoms with Crippen LogP contribution in [-0.4, -0.2) is 67.1 Å². The third-order valence-electron chi connectivity index (χ3n) is 8.51. The Labute approximate surface area is 272 Å². The van der Waals surface area contributed by atoms with E-state index >= 15 is 0 Å². The molecule has 2 aromatic heterocycles. The minimum absolute atomic E-state index is 0.00605. The molecule has 0 saturated carbocycles. The molecule has 1 amide bonds. The highest BCUT2D eigenvalue weighted by molar-refractivity contribution is 7.22. The minimum atomic E-state index is -1.30. The average molecular weight is 665 g/mol. The second-order valence-corrected chi connectivity index (χ2v) is 21.1. The molecule has 1 unspecified atom stereocenters. The molecule has 9 nitrogen and oxygen atoms in total. The highest BCUT2D eigenvalue weighted by atomic mass is 32.1. The van der Waals surface area contributed by atoms with Crippen LogP contribution in [0.5, 0.6) is 0 Å². The van der Waals surface area contributed by atoms with Crippen molar-refractivity contribution in [1.82, 2.24) is 9.97 Å². The van der Waals surface area contributed by atoms with Gasteiger partial charge in [0.2, 0.25) is 0 Å². The number of amides is 1. The van der Waals surface area contributed by atoms with E-state index in [0.717, 1.165) is 43.8 Å². The number of aromatic nitrogens is 2. The number of hydrogen-bond donors (Lipinski definition) is 1. The molecule has 2 aliphatic heterocycles. The molecule has 0 saturated heterocycles. The summed E-state index contributed by atoms with van der Waals surface area (Å²) in [6, 6.07) is 14.8. The van der Waals surface area contributed by atoms with Crippen LogP contribution in [0.4, 0.5) is 10.3 Å². The van der Waals surface area contributed by atoms with E-state index in [1.54, 1.807) is 4.90 Å². The smallest absolute Gasteiger partial charge is 0.358 e. The van der Waals surface area contributed by atoms with Crippen LogP contribution in [0.2, 0.25) is 25.7 Å². The minimum Gasteiger partial charge on any atom is -0.454 e. The molecule has 4 heterocycles. The number of esters is 1. The Hall–Kier alpha value is -3.16. The highest BCUT2D eigenvalue weighted by Gasteiger charge is 2.44. The number of aliphatic hydroxyl groups is 1. The molecule has 0 radical (unpaired) electrons. The van der Waals surface area contributed by atoms with Crippen molar-refractivity contribution in [2.45, 2.75) is 70.4 Å². The number of para-hydroxylation sites is 1. The maximum Gasteiger partial charge on any atom is 0.358 e. The average Bonchev–Trinajstić information content (AvgIpc) is 3.63. The molecule has 1 N–H and O–H groups in total. The van der Waals surface area contributed by atoms with Crippen molar-refractivity contribution in [2.24, 2.45) is 0 Å². The van der Waals surface area contributed by atoms with Crippen molar-refractivity contribution in [3.63, 3.8) is 0 Å². The predicted octanol–water partition coefficient (Wildman–Crippen LogP) is 6.69. The molecule has 0 aliphatic carbocycles. The molecule has 12 heteroatoms. The Bertz CT molecular complexity index is 1700. The summed E-state index contributed by atoms with van der Waals surface area (Å²) in [5, 5.41) is 11.1. The van der Waals surface area contributed by atoms with Gasteiger partial charge >= 0.3 is 5.97 Å². The lowest BCUT2D eigenvalue weighted by molar-refractivity contribution is -0.0245. The van der Waals surface area contributed by atoms with Gasteiger partial charge in [-0.1, -0.05) is 55.2 Å². The van der Waals surface area contributed by atoms with E-state index in [1.165, 1.54) is 22.7 Å². The first-order chi connectivity index (χ1) is 21.4. The van der Waals surface area contributed by atoms with Crippen LogP contribution in [-0.2, 0) is 22.4 Å². The Morgan fingerprint density at radius 1 is 1.16 bits per heavy atom. The fourth-order valence-electron chi connectivity index (χ4n) is 5.92. The van der Waals surface area contributed by atoms with E-state index < -0.39 is 19.6 Å². The van der Waals surface area contributed by atoms with E-state index in [4.69, 9.17) is 19.4 Å². The van der Waals surface area contributed by atoms with Crippen LogP contribution in [0, 0.1) is 0 Å². The molecule has 2 aliphatic rings. The third kappa shape index (κ3) is 6.57. The van der Waals surface area contributed by atoms with Gasteiger partial charge in [-0.3, -0.25) is 9.69 Å². The molecule has 45 heavy (non-hydrogen) atoms. The third-order valence-corrected chi connectivity index (χ3v) is 12.5. The molecule has 2 aromatic carbocycles. The number of hydrogen-bond acceptors (Lipinski definition) is 10. The Balaban J connectivity index is 1.30. The standard InChI is InChI=1S/C33H40N4O5S2Si/c1-33(2)24(14-16-38)28-27(30(40)42-33)35-31(44-28)36-15-13-21-9-8-10-22(23(21)19-36)29(39)37(20-41-17-18-45(3,4)5)32-34-25-11-6-7-12-26(25)43-32/h6-12,24,38H,13-20H2,1-5H3. The van der Waals surface area contributed by atoms with Crippen LogP contribution < -0.4 is 9.80 Å². The Morgan fingerprint density at radius 3 is 2.71 bits per heavy atom. The van der Waals surface area contributed by atoms with Crippen molar-refractivity contribution in [3.05, 3.63) is 69.7 Å². The van der Waals surface area contributed by atoms with Gasteiger partial charge in [-0.25, -0.2) is 14.8 Å². The molecule has 4 aromatic rings. The fourth-order valence-corrected chi connectivity index (χ4v) is 9.02. The van der Waals surface area contributed by atoms with Crippen LogP contribution in [0.1, 0.15) is 63.0 Å². The molecule has 6 rings (SSSR count). The first kappa shape index (κ1) is 31.8. The van der Waals surface area contributed by atoms with E-state index in [1.807, 2.05) is 50.2 Å². The van der Waals surface area contributed by atoms with Gasteiger partial charge in [-0.05, 0) is 62.1 Å². The molecule has 238 valence electrons. The van der Waals surface area contributed by atoms with Gasteiger partial charge in [0, 0.05) is 50.7 Å². The van der Waals surface area contributed by atoms with Gasteiger partial charge in [-0.2, -0.15) is 0 Å². The zero-order chi connectivity index (χ0) is 31.9. The maximum atomic E-state index is 14.4. The summed E-state index contributed by atoms with van der Waals surface area (Å²) in [5.74, 6) is -0.716. The van der Waals surface area contributed by atoms with E-state index in [-0.39, 0.29) is 25.2 Å². The number of benzene rings is 2. The molecular formula is C33H40N4O5S2Si. The van der Waals surface area contributed by atoms with Crippen molar-refractivity contribution < 1.29 is 24.2 Å². The number of cyclic esters (lactones) is 1. The van der Waals surface area contributed by atoms with E-state index in [0.29, 0.717) is 42.5 Å². The van der Waals surface area contributed by atoms with Crippen LogP contribution in [0.3, 0.4) is 0 Å². The number of anilines is 2. The van der Waals surface area contributed by atoms with Crippen molar-refractivity contribution in [3.8, 4) is 0 Å². The molecular weight excluding hydrogens is 625 g/mol. The van der Waals surface area contributed by atoms with E-state index in [2.05, 4.69) is 30.6 Å². The highest BCUT2D eigenvalue weighted by Crippen LogP contribution is 2.46. The summed E-state index contributed by atoms with van der Waals surface area (Å²) in [6.45, 7) is 12.6. The Morgan fingerprint density at radius 2 is 1.96 bits per heavy atom. The largest absolute Gasteiger partial charge is 0.454 e. The first-order valence-corrected chi connectivity index (χ1v) is 20.7. The maximum absolute atomic E-state index is 14.4. The van der Waals surface area contributed by atoms with Gasteiger partial charge in [0.15, 0.2) is 16.0 Å². The summed E-state index contributed by atoms with van der Waals surface area (Å²) in [4.78, 5) is 41.5. The van der Waals surface area contributed by atoms with Crippen LogP contribution in [0.15, 0.2) is 42.5 Å². The lowest BCUT2D eigenvalue weighted by Gasteiger charge is -2.36. The molecule has 1 atom stereocenters. The lowest BCUT2D eigenvalue weighted by atomic mass is 9.84. The van der Waals surface area contributed by atoms with Gasteiger partial charge in [0.25, 0.3) is 5.91 Å². The van der Waals surface area contributed by atoms with Gasteiger partial charge in [0.1, 0.15) is 12.3 Å². The Kier molecular flexibility index (Phi) is 8.88. The topological polar surface area (TPSA) is 105 Å². The number of aliphatic hydroxyl groups excluding tert-OH is 1. The summed E-state index contributed by atoms with van der Waals surface area (Å²) < 4.78 is 12.9. The van der Waals surface area contributed by atoms with Crippen molar-refractivity contribution >= 4 is 63.1 Å². The molecule has 0 spiro atoms. The van der Waals surface area contributed by atoms with Crippen LogP contribution in [0.25, 0.3) is 10.2 Å². The normalized spacial score (nSPS) is 17.6. The zero-order valence-electron chi connectivity index (χ0n) is 26.5. The number of ether oxygens (including phenoxy) is 2. The second kappa shape index (κ2) is 12.6. The quantitative estimate of drug-likeness (QED) is 0.0866. The van der Waals surface area contributed by atoms with E-state index in [9.17, 15) is 14.7 Å². The van der Waals surface area contributed by atoms with Crippen molar-refractivity contribution in [2.75, 3.05) is 36.3 Å². The first-order valence-electron chi connectivity index (χ1n) is 15.4.